The Bertz CT molecular complexity index is 395. The van der Waals surface area contributed by atoms with Crippen molar-refractivity contribution in [1.82, 2.24) is 4.90 Å². The number of ether oxygens (including phenoxy) is 1. The van der Waals surface area contributed by atoms with Crippen LogP contribution in [0.25, 0.3) is 0 Å². The van der Waals surface area contributed by atoms with Gasteiger partial charge < -0.3 is 14.7 Å². The van der Waals surface area contributed by atoms with Gasteiger partial charge in [-0.3, -0.25) is 4.79 Å². The Hall–Kier alpha value is -1.62. The third-order valence-electron chi connectivity index (χ3n) is 2.31. The van der Waals surface area contributed by atoms with Gasteiger partial charge in [0.15, 0.2) is 0 Å². The average molecular weight is 241 g/mol. The van der Waals surface area contributed by atoms with Crippen LogP contribution in [0.4, 0.5) is 4.39 Å². The van der Waals surface area contributed by atoms with Crippen molar-refractivity contribution in [1.29, 1.82) is 0 Å². The van der Waals surface area contributed by atoms with Gasteiger partial charge in [0.25, 0.3) is 5.91 Å². The number of hydrogen-bond acceptors (Lipinski definition) is 3. The first-order valence-electron chi connectivity index (χ1n) is 5.38. The van der Waals surface area contributed by atoms with Crippen molar-refractivity contribution < 1.29 is 19.0 Å². The summed E-state index contributed by atoms with van der Waals surface area (Å²) in [5, 5.41) is 9.46. The molecule has 0 aliphatic rings. The first-order valence-corrected chi connectivity index (χ1v) is 5.38. The molecule has 0 atom stereocenters. The lowest BCUT2D eigenvalue weighted by Gasteiger charge is -2.17. The van der Waals surface area contributed by atoms with Gasteiger partial charge >= 0.3 is 0 Å². The predicted molar refractivity (Wildman–Crippen MR) is 61.5 cm³/mol. The zero-order valence-electron chi connectivity index (χ0n) is 9.94. The summed E-state index contributed by atoms with van der Waals surface area (Å²) in [7, 11) is 1.60. The van der Waals surface area contributed by atoms with E-state index in [9.17, 15) is 14.3 Å². The Morgan fingerprint density at radius 1 is 1.53 bits per heavy atom. The number of phenolic OH excluding ortho intramolecular Hbond substituents is 1. The third-order valence-corrected chi connectivity index (χ3v) is 2.31. The van der Waals surface area contributed by atoms with Gasteiger partial charge in [0.1, 0.15) is 11.6 Å². The van der Waals surface area contributed by atoms with Gasteiger partial charge in [-0.15, -0.1) is 0 Å². The largest absolute Gasteiger partial charge is 0.507 e. The molecule has 0 saturated carbocycles. The van der Waals surface area contributed by atoms with Gasteiger partial charge in [0.05, 0.1) is 12.2 Å². The summed E-state index contributed by atoms with van der Waals surface area (Å²) >= 11 is 0. The highest BCUT2D eigenvalue weighted by molar-refractivity contribution is 5.96. The van der Waals surface area contributed by atoms with Gasteiger partial charge in [-0.25, -0.2) is 4.39 Å². The molecule has 0 heterocycles. The van der Waals surface area contributed by atoms with Crippen molar-refractivity contribution in [3.8, 4) is 5.75 Å². The van der Waals surface area contributed by atoms with Gasteiger partial charge in [-0.1, -0.05) is 0 Å². The quantitative estimate of drug-likeness (QED) is 0.797. The number of phenols is 1. The van der Waals surface area contributed by atoms with Crippen molar-refractivity contribution in [3.05, 3.63) is 29.6 Å². The molecule has 0 aliphatic heterocycles. The molecule has 5 heteroatoms. The molecule has 1 N–H and O–H groups in total. The summed E-state index contributed by atoms with van der Waals surface area (Å²) in [6.45, 7) is 3.31. The van der Waals surface area contributed by atoms with Gasteiger partial charge in [0, 0.05) is 26.3 Å². The van der Waals surface area contributed by atoms with E-state index in [2.05, 4.69) is 0 Å². The van der Waals surface area contributed by atoms with Crippen molar-refractivity contribution in [3.63, 3.8) is 0 Å². The lowest BCUT2D eigenvalue weighted by atomic mass is 10.1. The van der Waals surface area contributed by atoms with Crippen LogP contribution in [0.2, 0.25) is 0 Å². The van der Waals surface area contributed by atoms with Crippen molar-refractivity contribution >= 4 is 5.91 Å². The molecule has 0 unspecified atom stereocenters. The van der Waals surface area contributed by atoms with Gasteiger partial charge in [-0.05, 0) is 19.1 Å². The maximum atomic E-state index is 12.8. The minimum atomic E-state index is -0.573. The number of rotatable bonds is 5. The number of halogens is 1. The minimum Gasteiger partial charge on any atom is -0.507 e. The van der Waals surface area contributed by atoms with E-state index in [0.29, 0.717) is 19.8 Å². The number of nitrogens with zero attached hydrogens (tertiary/aromatic N) is 1. The maximum absolute atomic E-state index is 12.8. The molecule has 0 fully saturated rings. The van der Waals surface area contributed by atoms with Crippen LogP contribution in [0.5, 0.6) is 5.75 Å². The Balaban J connectivity index is 2.68. The highest BCUT2D eigenvalue weighted by atomic mass is 19.1. The molecule has 1 rings (SSSR count). The van der Waals surface area contributed by atoms with Crippen molar-refractivity contribution in [2.45, 2.75) is 6.92 Å². The first-order chi connectivity index (χ1) is 8.06. The van der Waals surface area contributed by atoms with E-state index in [1.807, 2.05) is 6.92 Å². The van der Waals surface area contributed by atoms with E-state index in [0.717, 1.165) is 12.1 Å². The fraction of sp³-hybridized carbons (Fsp3) is 0.417. The molecule has 4 nitrogen and oxygen atoms in total. The van der Waals surface area contributed by atoms with Crippen LogP contribution < -0.4 is 0 Å². The second-order valence-electron chi connectivity index (χ2n) is 3.59. The summed E-state index contributed by atoms with van der Waals surface area (Å²) in [6.07, 6.45) is 0. The lowest BCUT2D eigenvalue weighted by molar-refractivity contribution is 0.0707. The maximum Gasteiger partial charge on any atom is 0.257 e. The summed E-state index contributed by atoms with van der Waals surface area (Å²) in [5.41, 5.74) is 0.0883. The fourth-order valence-corrected chi connectivity index (χ4v) is 1.34. The summed E-state index contributed by atoms with van der Waals surface area (Å²) in [4.78, 5) is 13.3. The molecule has 0 aliphatic carbocycles. The molecule has 0 radical (unpaired) electrons. The third kappa shape index (κ3) is 3.71. The van der Waals surface area contributed by atoms with Crippen LogP contribution >= 0.6 is 0 Å². The van der Waals surface area contributed by atoms with Crippen LogP contribution in [-0.4, -0.2) is 42.7 Å². The molecule has 0 spiro atoms. The van der Waals surface area contributed by atoms with Gasteiger partial charge in [0.2, 0.25) is 0 Å². The van der Waals surface area contributed by atoms with Crippen LogP contribution in [0.1, 0.15) is 17.3 Å². The Morgan fingerprint density at radius 2 is 2.24 bits per heavy atom. The number of carbonyl (C=O) groups excluding carboxylic acids is 1. The number of hydrogen-bond donors (Lipinski definition) is 1. The highest BCUT2D eigenvalue weighted by Gasteiger charge is 2.15. The van der Waals surface area contributed by atoms with Crippen LogP contribution in [0, 0.1) is 5.82 Å². The molecule has 0 bridgehead atoms. The molecule has 17 heavy (non-hydrogen) atoms. The Morgan fingerprint density at radius 3 is 2.82 bits per heavy atom. The number of likely N-dealkylation sites (N-methyl/N-ethyl adjacent to an activating group) is 1. The highest BCUT2D eigenvalue weighted by Crippen LogP contribution is 2.19. The number of aromatic hydroxyl groups is 1. The predicted octanol–water partition coefficient (Wildman–Crippen LogP) is 1.64. The van der Waals surface area contributed by atoms with Crippen LogP contribution in [-0.2, 0) is 4.74 Å². The second-order valence-corrected chi connectivity index (χ2v) is 3.59. The number of carbonyl (C=O) groups is 1. The van der Waals surface area contributed by atoms with Crippen LogP contribution in [0.3, 0.4) is 0 Å². The van der Waals surface area contributed by atoms with E-state index in [1.165, 1.54) is 11.0 Å². The topological polar surface area (TPSA) is 49.8 Å². The molecular formula is C12H16FNO3. The molecule has 0 saturated heterocycles. The Kier molecular flexibility index (Phi) is 4.90. The van der Waals surface area contributed by atoms with E-state index in [1.54, 1.807) is 7.05 Å². The Labute approximate surface area is 99.6 Å². The van der Waals surface area contributed by atoms with Crippen LogP contribution in [0.15, 0.2) is 18.2 Å². The zero-order chi connectivity index (χ0) is 12.8. The van der Waals surface area contributed by atoms with E-state index in [4.69, 9.17) is 4.74 Å². The van der Waals surface area contributed by atoms with Crippen molar-refractivity contribution in [2.75, 3.05) is 26.8 Å². The summed E-state index contributed by atoms with van der Waals surface area (Å²) < 4.78 is 17.9. The molecule has 1 amide bonds. The fourth-order valence-electron chi connectivity index (χ4n) is 1.34. The first kappa shape index (κ1) is 13.4. The molecule has 0 aromatic heterocycles. The molecule has 1 aromatic carbocycles. The van der Waals surface area contributed by atoms with E-state index < -0.39 is 5.82 Å². The molecule has 1 aromatic rings. The van der Waals surface area contributed by atoms with Crippen molar-refractivity contribution in [2.24, 2.45) is 0 Å². The molecule has 94 valence electrons. The summed E-state index contributed by atoms with van der Waals surface area (Å²) in [5.74, 6) is -1.28. The smallest absolute Gasteiger partial charge is 0.257 e. The SMILES string of the molecule is CCOCCN(C)C(=O)c1ccc(F)cc1O. The minimum absolute atomic E-state index is 0.0883. The molecular weight excluding hydrogens is 225 g/mol. The monoisotopic (exact) mass is 241 g/mol. The van der Waals surface area contributed by atoms with E-state index >= 15 is 0 Å². The average Bonchev–Trinajstić information content (AvgIpc) is 2.28. The lowest BCUT2D eigenvalue weighted by Crippen LogP contribution is -2.30. The normalized spacial score (nSPS) is 10.3. The number of benzene rings is 1. The second kappa shape index (κ2) is 6.20. The number of amides is 1. The standard InChI is InChI=1S/C12H16FNO3/c1-3-17-7-6-14(2)12(16)10-5-4-9(13)8-11(10)15/h4-5,8,15H,3,6-7H2,1-2H3. The van der Waals surface area contributed by atoms with Gasteiger partial charge in [-0.2, -0.15) is 0 Å². The zero-order valence-corrected chi connectivity index (χ0v) is 9.94. The van der Waals surface area contributed by atoms with E-state index in [-0.39, 0.29) is 17.2 Å². The summed E-state index contributed by atoms with van der Waals surface area (Å²) in [6, 6.07) is 3.33.